The zero-order valence-corrected chi connectivity index (χ0v) is 13.7. The third kappa shape index (κ3) is 3.97. The van der Waals surface area contributed by atoms with Gasteiger partial charge in [0.1, 0.15) is 0 Å². The summed E-state index contributed by atoms with van der Waals surface area (Å²) < 4.78 is 17.6. The molecule has 0 spiro atoms. The van der Waals surface area contributed by atoms with Crippen LogP contribution in [0.1, 0.15) is 21.6 Å². The van der Waals surface area contributed by atoms with E-state index in [0.29, 0.717) is 22.8 Å². The van der Waals surface area contributed by atoms with Crippen molar-refractivity contribution in [3.8, 4) is 11.3 Å². The van der Waals surface area contributed by atoms with Crippen LogP contribution in [-0.2, 0) is 22.3 Å². The number of benzene rings is 2. The third-order valence-electron chi connectivity index (χ3n) is 3.47. The quantitative estimate of drug-likeness (QED) is 0.747. The summed E-state index contributed by atoms with van der Waals surface area (Å²) in [6, 6.07) is 18.3. The first-order valence-electron chi connectivity index (χ1n) is 7.36. The monoisotopic (exact) mass is 340 g/mol. The molecule has 2 aromatic carbocycles. The largest absolute Gasteiger partial charge is 0.366 e. The molecule has 1 atom stereocenters. The van der Waals surface area contributed by atoms with Gasteiger partial charge in [0.25, 0.3) is 0 Å². The maximum atomic E-state index is 12.3. The van der Waals surface area contributed by atoms with Gasteiger partial charge in [0.15, 0.2) is 5.76 Å². The van der Waals surface area contributed by atoms with E-state index in [1.165, 1.54) is 0 Å². The van der Waals surface area contributed by atoms with E-state index in [9.17, 15) is 9.00 Å². The minimum absolute atomic E-state index is 0.289. The molecule has 0 aliphatic heterocycles. The standard InChI is InChI=1S/C18H16N2O3S/c19-18(21)15-8-4-5-13(9-15)11-24(22)12-16-10-17(23-20-16)14-6-2-1-3-7-14/h1-10H,11-12H2,(H2,19,21). The molecule has 0 aliphatic carbocycles. The van der Waals surface area contributed by atoms with Crippen molar-refractivity contribution in [2.45, 2.75) is 11.5 Å². The lowest BCUT2D eigenvalue weighted by Gasteiger charge is -2.02. The van der Waals surface area contributed by atoms with Gasteiger partial charge in [0.05, 0.1) is 11.4 Å². The zero-order chi connectivity index (χ0) is 16.9. The Kier molecular flexibility index (Phi) is 4.86. The number of carbonyl (C=O) groups excluding carboxylic acids is 1. The van der Waals surface area contributed by atoms with Gasteiger partial charge in [-0.3, -0.25) is 9.00 Å². The Balaban J connectivity index is 1.66. The van der Waals surface area contributed by atoms with Gasteiger partial charge in [-0.25, -0.2) is 0 Å². The fourth-order valence-electron chi connectivity index (χ4n) is 2.33. The van der Waals surface area contributed by atoms with E-state index in [0.717, 1.165) is 11.1 Å². The first kappa shape index (κ1) is 16.1. The molecule has 0 fully saturated rings. The number of hydrogen-bond acceptors (Lipinski definition) is 4. The average Bonchev–Trinajstić information content (AvgIpc) is 3.04. The Morgan fingerprint density at radius 3 is 2.58 bits per heavy atom. The predicted octanol–water partition coefficient (Wildman–Crippen LogP) is 2.89. The van der Waals surface area contributed by atoms with E-state index in [1.807, 2.05) is 36.4 Å². The third-order valence-corrected chi connectivity index (χ3v) is 4.74. The van der Waals surface area contributed by atoms with Crippen molar-refractivity contribution >= 4 is 16.7 Å². The van der Waals surface area contributed by atoms with Crippen LogP contribution >= 0.6 is 0 Å². The zero-order valence-electron chi connectivity index (χ0n) is 12.8. The lowest BCUT2D eigenvalue weighted by Crippen LogP contribution is -2.11. The second-order valence-electron chi connectivity index (χ2n) is 5.34. The number of nitrogens with two attached hydrogens (primary N) is 1. The van der Waals surface area contributed by atoms with Gasteiger partial charge >= 0.3 is 0 Å². The molecule has 3 rings (SSSR count). The topological polar surface area (TPSA) is 86.2 Å². The molecule has 5 nitrogen and oxygen atoms in total. The average molecular weight is 340 g/mol. The molecule has 0 bridgehead atoms. The second-order valence-corrected chi connectivity index (χ2v) is 6.80. The fourth-order valence-corrected chi connectivity index (χ4v) is 3.45. The number of hydrogen-bond donors (Lipinski definition) is 1. The Morgan fingerprint density at radius 1 is 1.04 bits per heavy atom. The molecule has 0 aliphatic rings. The van der Waals surface area contributed by atoms with E-state index in [4.69, 9.17) is 10.3 Å². The molecule has 0 saturated carbocycles. The second kappa shape index (κ2) is 7.23. The summed E-state index contributed by atoms with van der Waals surface area (Å²) in [7, 11) is -1.16. The molecule has 24 heavy (non-hydrogen) atoms. The van der Waals surface area contributed by atoms with Crippen LogP contribution in [0.2, 0.25) is 0 Å². The first-order chi connectivity index (χ1) is 11.6. The summed E-state index contributed by atoms with van der Waals surface area (Å²) in [5.74, 6) is 0.774. The Morgan fingerprint density at radius 2 is 1.83 bits per heavy atom. The number of rotatable bonds is 6. The van der Waals surface area contributed by atoms with Crippen molar-refractivity contribution in [3.05, 3.63) is 77.5 Å². The fraction of sp³-hybridized carbons (Fsp3) is 0.111. The highest BCUT2D eigenvalue weighted by Gasteiger charge is 2.11. The Hall–Kier alpha value is -2.73. The van der Waals surface area contributed by atoms with Crippen molar-refractivity contribution in [3.63, 3.8) is 0 Å². The van der Waals surface area contributed by atoms with Gasteiger partial charge in [0, 0.05) is 33.7 Å². The number of amides is 1. The normalized spacial score (nSPS) is 12.0. The molecule has 1 aromatic heterocycles. The first-order valence-corrected chi connectivity index (χ1v) is 8.85. The SMILES string of the molecule is NC(=O)c1cccc(CS(=O)Cc2cc(-c3ccccc3)on2)c1. The van der Waals surface area contributed by atoms with Crippen molar-refractivity contribution in [2.24, 2.45) is 5.73 Å². The van der Waals surface area contributed by atoms with Gasteiger partial charge in [0.2, 0.25) is 5.91 Å². The van der Waals surface area contributed by atoms with Crippen molar-refractivity contribution < 1.29 is 13.5 Å². The molecule has 0 saturated heterocycles. The number of aromatic nitrogens is 1. The van der Waals surface area contributed by atoms with E-state index in [1.54, 1.807) is 24.3 Å². The summed E-state index contributed by atoms with van der Waals surface area (Å²) in [5, 5.41) is 3.98. The summed E-state index contributed by atoms with van der Waals surface area (Å²) >= 11 is 0. The molecule has 1 heterocycles. The van der Waals surface area contributed by atoms with Crippen LogP contribution in [-0.4, -0.2) is 15.3 Å². The highest BCUT2D eigenvalue weighted by atomic mass is 32.2. The van der Waals surface area contributed by atoms with E-state index in [-0.39, 0.29) is 5.75 Å². The van der Waals surface area contributed by atoms with Crippen LogP contribution in [0.25, 0.3) is 11.3 Å². The summed E-state index contributed by atoms with van der Waals surface area (Å²) in [6.45, 7) is 0. The van der Waals surface area contributed by atoms with E-state index < -0.39 is 16.7 Å². The van der Waals surface area contributed by atoms with Gasteiger partial charge in [-0.15, -0.1) is 0 Å². The summed E-state index contributed by atoms with van der Waals surface area (Å²) in [4.78, 5) is 11.2. The van der Waals surface area contributed by atoms with Gasteiger partial charge in [-0.2, -0.15) is 0 Å². The maximum absolute atomic E-state index is 12.3. The molecule has 2 N–H and O–H groups in total. The predicted molar refractivity (Wildman–Crippen MR) is 92.4 cm³/mol. The van der Waals surface area contributed by atoms with Gasteiger partial charge in [-0.1, -0.05) is 47.6 Å². The highest BCUT2D eigenvalue weighted by Crippen LogP contribution is 2.20. The molecular weight excluding hydrogens is 324 g/mol. The highest BCUT2D eigenvalue weighted by molar-refractivity contribution is 7.83. The smallest absolute Gasteiger partial charge is 0.248 e. The van der Waals surface area contributed by atoms with Crippen molar-refractivity contribution in [1.82, 2.24) is 5.16 Å². The van der Waals surface area contributed by atoms with Crippen LogP contribution in [0.15, 0.2) is 65.2 Å². The summed E-state index contributed by atoms with van der Waals surface area (Å²) in [6.07, 6.45) is 0. The maximum Gasteiger partial charge on any atom is 0.248 e. The Labute approximate surface area is 141 Å². The molecule has 122 valence electrons. The van der Waals surface area contributed by atoms with E-state index in [2.05, 4.69) is 5.16 Å². The van der Waals surface area contributed by atoms with Gasteiger partial charge < -0.3 is 10.3 Å². The van der Waals surface area contributed by atoms with Crippen LogP contribution in [0.4, 0.5) is 0 Å². The molecule has 3 aromatic rings. The van der Waals surface area contributed by atoms with Crippen LogP contribution < -0.4 is 5.73 Å². The van der Waals surface area contributed by atoms with Crippen molar-refractivity contribution in [1.29, 1.82) is 0 Å². The molecule has 1 unspecified atom stereocenters. The molecule has 6 heteroatoms. The Bertz CT molecular complexity index is 875. The number of nitrogens with zero attached hydrogens (tertiary/aromatic N) is 1. The van der Waals surface area contributed by atoms with Crippen LogP contribution in [0, 0.1) is 0 Å². The molecule has 1 amide bonds. The minimum Gasteiger partial charge on any atom is -0.366 e. The number of carbonyl (C=O) groups is 1. The van der Waals surface area contributed by atoms with Crippen LogP contribution in [0.5, 0.6) is 0 Å². The van der Waals surface area contributed by atoms with Gasteiger partial charge in [-0.05, 0) is 17.7 Å². The minimum atomic E-state index is -1.16. The van der Waals surface area contributed by atoms with Crippen LogP contribution in [0.3, 0.4) is 0 Å². The molecule has 0 radical (unpaired) electrons. The van der Waals surface area contributed by atoms with E-state index >= 15 is 0 Å². The summed E-state index contributed by atoms with van der Waals surface area (Å²) in [5.41, 5.74) is 8.04. The number of primary amides is 1. The van der Waals surface area contributed by atoms with Crippen molar-refractivity contribution in [2.75, 3.05) is 0 Å². The lowest BCUT2D eigenvalue weighted by atomic mass is 10.1. The molecular formula is C18H16N2O3S. The lowest BCUT2D eigenvalue weighted by molar-refractivity contribution is 0.1000.